The number of rotatable bonds is 2. The maximum atomic E-state index is 12.9. The van der Waals surface area contributed by atoms with Gasteiger partial charge >= 0.3 is 0 Å². The van der Waals surface area contributed by atoms with Crippen LogP contribution in [0.4, 0.5) is 0 Å². The lowest BCUT2D eigenvalue weighted by Gasteiger charge is -2.24. The Morgan fingerprint density at radius 1 is 1.24 bits per heavy atom. The smallest absolute Gasteiger partial charge is 0.253 e. The Balaban J connectivity index is 0.00000113. The number of thiazole rings is 1. The lowest BCUT2D eigenvalue weighted by atomic mass is 10.1. The Bertz CT molecular complexity index is 737. The van der Waals surface area contributed by atoms with Gasteiger partial charge in [0.05, 0.1) is 0 Å². The zero-order valence-corrected chi connectivity index (χ0v) is 16.6. The average Bonchev–Trinajstić information content (AvgIpc) is 3.12. The highest BCUT2D eigenvalue weighted by Crippen LogP contribution is 2.26. The van der Waals surface area contributed by atoms with Crippen molar-refractivity contribution in [2.45, 2.75) is 38.3 Å². The van der Waals surface area contributed by atoms with Crippen LogP contribution in [0.1, 0.15) is 35.3 Å². The molecule has 1 aromatic heterocycles. The third-order valence-corrected chi connectivity index (χ3v) is 5.80. The first-order valence-electron chi connectivity index (χ1n) is 8.27. The van der Waals surface area contributed by atoms with E-state index in [1.165, 1.54) is 12.8 Å². The van der Waals surface area contributed by atoms with Gasteiger partial charge in [-0.1, -0.05) is 12.1 Å². The number of carbonyl (C=O) groups excluding carboxylic acids is 1. The second kappa shape index (κ2) is 8.49. The van der Waals surface area contributed by atoms with E-state index >= 15 is 0 Å². The van der Waals surface area contributed by atoms with Gasteiger partial charge in [0.2, 0.25) is 0 Å². The summed E-state index contributed by atoms with van der Waals surface area (Å²) in [4.78, 5) is 19.4. The van der Waals surface area contributed by atoms with Crippen LogP contribution in [0.2, 0.25) is 0 Å². The number of carbonyl (C=O) groups is 1. The van der Waals surface area contributed by atoms with Gasteiger partial charge in [-0.15, -0.1) is 36.2 Å². The van der Waals surface area contributed by atoms with Gasteiger partial charge in [-0.25, -0.2) is 4.98 Å². The van der Waals surface area contributed by atoms with Crippen LogP contribution in [0.15, 0.2) is 29.6 Å². The molecule has 2 bridgehead atoms. The molecule has 2 aromatic rings. The molecule has 0 saturated carbocycles. The van der Waals surface area contributed by atoms with Crippen LogP contribution in [-0.2, 0) is 0 Å². The van der Waals surface area contributed by atoms with Crippen molar-refractivity contribution in [3.63, 3.8) is 0 Å². The first kappa shape index (κ1) is 20.2. The number of halogens is 2. The minimum atomic E-state index is 0. The predicted molar refractivity (Wildman–Crippen MR) is 107 cm³/mol. The molecule has 3 heterocycles. The van der Waals surface area contributed by atoms with Crippen LogP contribution in [-0.4, -0.2) is 41.0 Å². The molecule has 2 aliphatic rings. The van der Waals surface area contributed by atoms with Crippen molar-refractivity contribution in [3.8, 4) is 10.6 Å². The van der Waals surface area contributed by atoms with E-state index < -0.39 is 0 Å². The Hall–Kier alpha value is -1.14. The van der Waals surface area contributed by atoms with Gasteiger partial charge in [-0.3, -0.25) is 4.79 Å². The van der Waals surface area contributed by atoms with Crippen molar-refractivity contribution < 1.29 is 4.79 Å². The zero-order chi connectivity index (χ0) is 15.8. The quantitative estimate of drug-likeness (QED) is 0.831. The minimum absolute atomic E-state index is 0. The van der Waals surface area contributed by atoms with E-state index in [4.69, 9.17) is 0 Å². The molecule has 0 radical (unpaired) electrons. The van der Waals surface area contributed by atoms with Crippen molar-refractivity contribution in [1.29, 1.82) is 0 Å². The normalized spacial score (nSPS) is 21.9. The molecule has 0 spiro atoms. The topological polar surface area (TPSA) is 45.2 Å². The standard InChI is InChI=1S/C18H21N3OS.2ClH/c1-12-11-23-17(19-12)13-3-2-4-14(9-13)18(22)21-8-7-15-5-6-16(10-21)20-15;;/h2-4,9,11,15-16,20H,5-8,10H2,1H3;2*1H. The number of hydrogen-bond acceptors (Lipinski definition) is 4. The van der Waals surface area contributed by atoms with Crippen LogP contribution in [0.3, 0.4) is 0 Å². The van der Waals surface area contributed by atoms with Gasteiger partial charge in [0, 0.05) is 47.4 Å². The zero-order valence-electron chi connectivity index (χ0n) is 14.1. The average molecular weight is 400 g/mol. The van der Waals surface area contributed by atoms with E-state index in [0.29, 0.717) is 12.1 Å². The van der Waals surface area contributed by atoms with Crippen LogP contribution >= 0.6 is 36.2 Å². The molecular weight excluding hydrogens is 377 g/mol. The highest BCUT2D eigenvalue weighted by atomic mass is 35.5. The summed E-state index contributed by atoms with van der Waals surface area (Å²) in [5.41, 5.74) is 2.83. The summed E-state index contributed by atoms with van der Waals surface area (Å²) < 4.78 is 0. The molecular formula is C18H23Cl2N3OS. The Kier molecular flexibility index (Phi) is 6.86. The van der Waals surface area contributed by atoms with Crippen molar-refractivity contribution in [2.75, 3.05) is 13.1 Å². The SMILES string of the molecule is Cc1csc(-c2cccc(C(=O)N3CCC4CCC(C3)N4)c2)n1.Cl.Cl. The minimum Gasteiger partial charge on any atom is -0.337 e. The number of aromatic nitrogens is 1. The molecule has 0 aliphatic carbocycles. The molecule has 1 N–H and O–H groups in total. The maximum Gasteiger partial charge on any atom is 0.253 e. The molecule has 2 unspecified atom stereocenters. The molecule has 4 nitrogen and oxygen atoms in total. The van der Waals surface area contributed by atoms with E-state index in [1.807, 2.05) is 41.5 Å². The van der Waals surface area contributed by atoms with Gasteiger partial charge < -0.3 is 10.2 Å². The summed E-state index contributed by atoms with van der Waals surface area (Å²) in [6.45, 7) is 3.68. The summed E-state index contributed by atoms with van der Waals surface area (Å²) >= 11 is 1.63. The number of aryl methyl sites for hydroxylation is 1. The van der Waals surface area contributed by atoms with Crippen LogP contribution in [0.5, 0.6) is 0 Å². The molecule has 2 aliphatic heterocycles. The Morgan fingerprint density at radius 2 is 2.04 bits per heavy atom. The number of nitrogens with one attached hydrogen (secondary N) is 1. The summed E-state index contributed by atoms with van der Waals surface area (Å²) in [5.74, 6) is 0.148. The van der Waals surface area contributed by atoms with E-state index in [2.05, 4.69) is 10.3 Å². The summed E-state index contributed by atoms with van der Waals surface area (Å²) in [5, 5.41) is 6.65. The summed E-state index contributed by atoms with van der Waals surface area (Å²) in [6, 6.07) is 8.96. The lowest BCUT2D eigenvalue weighted by molar-refractivity contribution is 0.0748. The monoisotopic (exact) mass is 399 g/mol. The number of likely N-dealkylation sites (tertiary alicyclic amines) is 1. The van der Waals surface area contributed by atoms with E-state index in [9.17, 15) is 4.79 Å². The molecule has 136 valence electrons. The third-order valence-electron chi connectivity index (χ3n) is 4.79. The van der Waals surface area contributed by atoms with Crippen LogP contribution < -0.4 is 5.32 Å². The van der Waals surface area contributed by atoms with Gasteiger partial charge in [0.1, 0.15) is 5.01 Å². The molecule has 4 rings (SSSR count). The molecule has 1 aromatic carbocycles. The number of amides is 1. The van der Waals surface area contributed by atoms with Crippen molar-refractivity contribution in [3.05, 3.63) is 40.9 Å². The fraction of sp³-hybridized carbons (Fsp3) is 0.444. The first-order valence-corrected chi connectivity index (χ1v) is 9.15. The highest BCUT2D eigenvalue weighted by Gasteiger charge is 2.31. The number of benzene rings is 1. The van der Waals surface area contributed by atoms with Crippen LogP contribution in [0.25, 0.3) is 10.6 Å². The fourth-order valence-electron chi connectivity index (χ4n) is 3.58. The first-order chi connectivity index (χ1) is 11.2. The maximum absolute atomic E-state index is 12.9. The molecule has 2 atom stereocenters. The fourth-order valence-corrected chi connectivity index (χ4v) is 4.38. The Labute approximate surface area is 164 Å². The lowest BCUT2D eigenvalue weighted by Crippen LogP contribution is -2.39. The summed E-state index contributed by atoms with van der Waals surface area (Å²) in [7, 11) is 0. The predicted octanol–water partition coefficient (Wildman–Crippen LogP) is 3.93. The molecule has 2 fully saturated rings. The van der Waals surface area contributed by atoms with E-state index in [-0.39, 0.29) is 30.7 Å². The number of nitrogens with zero attached hydrogens (tertiary/aromatic N) is 2. The van der Waals surface area contributed by atoms with Gasteiger partial charge in [-0.05, 0) is 38.3 Å². The second-order valence-corrected chi connectivity index (χ2v) is 7.41. The molecule has 7 heteroatoms. The van der Waals surface area contributed by atoms with Gasteiger partial charge in [0.15, 0.2) is 0 Å². The molecule has 25 heavy (non-hydrogen) atoms. The second-order valence-electron chi connectivity index (χ2n) is 6.55. The van der Waals surface area contributed by atoms with Crippen LogP contribution in [0, 0.1) is 6.92 Å². The Morgan fingerprint density at radius 3 is 2.80 bits per heavy atom. The largest absolute Gasteiger partial charge is 0.337 e. The van der Waals surface area contributed by atoms with Crippen molar-refractivity contribution in [1.82, 2.24) is 15.2 Å². The van der Waals surface area contributed by atoms with E-state index in [0.717, 1.165) is 41.3 Å². The van der Waals surface area contributed by atoms with Crippen molar-refractivity contribution in [2.24, 2.45) is 0 Å². The summed E-state index contributed by atoms with van der Waals surface area (Å²) in [6.07, 6.45) is 3.51. The van der Waals surface area contributed by atoms with Gasteiger partial charge in [0.25, 0.3) is 5.91 Å². The van der Waals surface area contributed by atoms with E-state index in [1.54, 1.807) is 11.3 Å². The molecule has 1 amide bonds. The third kappa shape index (κ3) is 4.34. The van der Waals surface area contributed by atoms with Gasteiger partial charge in [-0.2, -0.15) is 0 Å². The number of fused-ring (bicyclic) bond motifs is 2. The molecule has 2 saturated heterocycles. The number of hydrogen-bond donors (Lipinski definition) is 1. The van der Waals surface area contributed by atoms with Crippen molar-refractivity contribution >= 4 is 42.1 Å². The highest BCUT2D eigenvalue weighted by molar-refractivity contribution is 7.13.